The SMILES string of the molecule is Cc1ccccc1Cc1nsc(CCC(N)CN)n1. The first-order chi connectivity index (χ1) is 9.19. The molecular weight excluding hydrogens is 256 g/mol. The van der Waals surface area contributed by atoms with Crippen molar-refractivity contribution in [2.24, 2.45) is 11.5 Å². The Bertz CT molecular complexity index is 524. The molecule has 1 heterocycles. The van der Waals surface area contributed by atoms with E-state index in [1.807, 2.05) is 6.07 Å². The van der Waals surface area contributed by atoms with Crippen molar-refractivity contribution < 1.29 is 0 Å². The molecule has 0 aliphatic carbocycles. The number of aryl methyl sites for hydroxylation is 2. The molecule has 1 atom stereocenters. The average Bonchev–Trinajstić information content (AvgIpc) is 2.86. The van der Waals surface area contributed by atoms with E-state index in [2.05, 4.69) is 34.5 Å². The summed E-state index contributed by atoms with van der Waals surface area (Å²) in [5, 5.41) is 1.05. The maximum absolute atomic E-state index is 5.80. The summed E-state index contributed by atoms with van der Waals surface area (Å²) in [5.74, 6) is 0.899. The van der Waals surface area contributed by atoms with E-state index in [1.165, 1.54) is 22.7 Å². The summed E-state index contributed by atoms with van der Waals surface area (Å²) in [4.78, 5) is 4.56. The summed E-state index contributed by atoms with van der Waals surface area (Å²) in [6.45, 7) is 2.64. The van der Waals surface area contributed by atoms with Crippen LogP contribution in [0.3, 0.4) is 0 Å². The molecule has 0 saturated heterocycles. The van der Waals surface area contributed by atoms with E-state index in [0.717, 1.165) is 30.1 Å². The van der Waals surface area contributed by atoms with Gasteiger partial charge >= 0.3 is 0 Å². The molecular formula is C14H20N4S. The number of benzene rings is 1. The lowest BCUT2D eigenvalue weighted by atomic mass is 10.1. The molecule has 0 amide bonds. The van der Waals surface area contributed by atoms with E-state index in [9.17, 15) is 0 Å². The van der Waals surface area contributed by atoms with Crippen molar-refractivity contribution in [1.82, 2.24) is 9.36 Å². The fourth-order valence-corrected chi connectivity index (χ4v) is 2.54. The first kappa shape index (κ1) is 14.1. The van der Waals surface area contributed by atoms with Gasteiger partial charge in [-0.15, -0.1) is 0 Å². The van der Waals surface area contributed by atoms with Gasteiger partial charge in [-0.1, -0.05) is 24.3 Å². The van der Waals surface area contributed by atoms with Crippen LogP contribution in [0.1, 0.15) is 28.4 Å². The second-order valence-electron chi connectivity index (χ2n) is 4.74. The van der Waals surface area contributed by atoms with Crippen LogP contribution in [0.15, 0.2) is 24.3 Å². The van der Waals surface area contributed by atoms with Crippen LogP contribution in [0.25, 0.3) is 0 Å². The molecule has 1 aromatic heterocycles. The third-order valence-corrected chi connectivity index (χ3v) is 3.96. The van der Waals surface area contributed by atoms with E-state index in [-0.39, 0.29) is 6.04 Å². The number of aromatic nitrogens is 2. The van der Waals surface area contributed by atoms with Crippen LogP contribution in [0.4, 0.5) is 0 Å². The van der Waals surface area contributed by atoms with Gasteiger partial charge in [0.05, 0.1) is 0 Å². The lowest BCUT2D eigenvalue weighted by molar-refractivity contribution is 0.621. The number of rotatable bonds is 6. The van der Waals surface area contributed by atoms with Gasteiger partial charge in [-0.05, 0) is 36.0 Å². The van der Waals surface area contributed by atoms with Gasteiger partial charge in [0, 0.05) is 25.4 Å². The molecule has 0 fully saturated rings. The molecule has 2 aromatic rings. The molecule has 0 radical (unpaired) electrons. The predicted octanol–water partition coefficient (Wildman–Crippen LogP) is 1.66. The summed E-state index contributed by atoms with van der Waals surface area (Å²) >= 11 is 1.47. The van der Waals surface area contributed by atoms with Crippen molar-refractivity contribution in [3.05, 3.63) is 46.2 Å². The zero-order valence-electron chi connectivity index (χ0n) is 11.2. The molecule has 102 valence electrons. The maximum Gasteiger partial charge on any atom is 0.146 e. The molecule has 19 heavy (non-hydrogen) atoms. The van der Waals surface area contributed by atoms with E-state index >= 15 is 0 Å². The molecule has 0 saturated carbocycles. The summed E-state index contributed by atoms with van der Waals surface area (Å²) in [7, 11) is 0. The van der Waals surface area contributed by atoms with Gasteiger partial charge in [0.15, 0.2) is 0 Å². The van der Waals surface area contributed by atoms with Crippen molar-refractivity contribution in [3.63, 3.8) is 0 Å². The molecule has 1 unspecified atom stereocenters. The third-order valence-electron chi connectivity index (χ3n) is 3.15. The summed E-state index contributed by atoms with van der Waals surface area (Å²) in [6.07, 6.45) is 2.53. The Hall–Kier alpha value is -1.30. The smallest absolute Gasteiger partial charge is 0.146 e. The summed E-state index contributed by atoms with van der Waals surface area (Å²) in [5.41, 5.74) is 13.9. The minimum Gasteiger partial charge on any atom is -0.329 e. The summed E-state index contributed by atoms with van der Waals surface area (Å²) in [6, 6.07) is 8.40. The van der Waals surface area contributed by atoms with Crippen LogP contribution < -0.4 is 11.5 Å². The molecule has 0 aliphatic heterocycles. The van der Waals surface area contributed by atoms with Crippen LogP contribution in [0, 0.1) is 6.92 Å². The second-order valence-corrected chi connectivity index (χ2v) is 5.58. The highest BCUT2D eigenvalue weighted by molar-refractivity contribution is 7.05. The third kappa shape index (κ3) is 4.09. The topological polar surface area (TPSA) is 77.8 Å². The average molecular weight is 276 g/mol. The Morgan fingerprint density at radius 2 is 2.11 bits per heavy atom. The number of hydrogen-bond donors (Lipinski definition) is 2. The second kappa shape index (κ2) is 6.75. The quantitative estimate of drug-likeness (QED) is 0.841. The largest absolute Gasteiger partial charge is 0.329 e. The highest BCUT2D eigenvalue weighted by Gasteiger charge is 2.08. The highest BCUT2D eigenvalue weighted by atomic mass is 32.1. The molecule has 1 aromatic carbocycles. The first-order valence-corrected chi connectivity index (χ1v) is 7.28. The van der Waals surface area contributed by atoms with Crippen molar-refractivity contribution in [1.29, 1.82) is 0 Å². The highest BCUT2D eigenvalue weighted by Crippen LogP contribution is 2.14. The predicted molar refractivity (Wildman–Crippen MR) is 79.2 cm³/mol. The molecule has 0 spiro atoms. The zero-order valence-corrected chi connectivity index (χ0v) is 12.0. The van der Waals surface area contributed by atoms with E-state index in [4.69, 9.17) is 11.5 Å². The number of nitrogens with zero attached hydrogens (tertiary/aromatic N) is 2. The number of hydrogen-bond acceptors (Lipinski definition) is 5. The fraction of sp³-hybridized carbons (Fsp3) is 0.429. The summed E-state index contributed by atoms with van der Waals surface area (Å²) < 4.78 is 4.41. The van der Waals surface area contributed by atoms with Crippen LogP contribution in [0.2, 0.25) is 0 Å². The Kier molecular flexibility index (Phi) is 5.01. The molecule has 4 nitrogen and oxygen atoms in total. The van der Waals surface area contributed by atoms with Gasteiger partial charge < -0.3 is 11.5 Å². The van der Waals surface area contributed by atoms with E-state index in [1.54, 1.807) is 0 Å². The molecule has 4 N–H and O–H groups in total. The lowest BCUT2D eigenvalue weighted by Crippen LogP contribution is -2.29. The van der Waals surface area contributed by atoms with E-state index in [0.29, 0.717) is 6.54 Å². The minimum absolute atomic E-state index is 0.0590. The van der Waals surface area contributed by atoms with Gasteiger partial charge in [-0.25, -0.2) is 4.98 Å². The van der Waals surface area contributed by atoms with Gasteiger partial charge in [0.25, 0.3) is 0 Å². The molecule has 5 heteroatoms. The van der Waals surface area contributed by atoms with Crippen LogP contribution in [0.5, 0.6) is 0 Å². The van der Waals surface area contributed by atoms with Gasteiger partial charge in [0.1, 0.15) is 10.8 Å². The Morgan fingerprint density at radius 1 is 1.32 bits per heavy atom. The van der Waals surface area contributed by atoms with Gasteiger partial charge in [-0.2, -0.15) is 4.37 Å². The van der Waals surface area contributed by atoms with Crippen LogP contribution >= 0.6 is 11.5 Å². The van der Waals surface area contributed by atoms with E-state index < -0.39 is 0 Å². The first-order valence-electron chi connectivity index (χ1n) is 6.50. The van der Waals surface area contributed by atoms with Crippen molar-refractivity contribution in [2.45, 2.75) is 32.2 Å². The fourth-order valence-electron chi connectivity index (χ4n) is 1.87. The Labute approximate surface area is 118 Å². The van der Waals surface area contributed by atoms with Crippen molar-refractivity contribution in [3.8, 4) is 0 Å². The van der Waals surface area contributed by atoms with Crippen LogP contribution in [-0.2, 0) is 12.8 Å². The van der Waals surface area contributed by atoms with Crippen LogP contribution in [-0.4, -0.2) is 21.9 Å². The molecule has 0 bridgehead atoms. The van der Waals surface area contributed by atoms with Crippen molar-refractivity contribution >= 4 is 11.5 Å². The Morgan fingerprint density at radius 3 is 2.84 bits per heavy atom. The molecule has 2 rings (SSSR count). The molecule has 0 aliphatic rings. The number of nitrogens with two attached hydrogens (primary N) is 2. The standard InChI is InChI=1S/C14H20N4S/c1-10-4-2-3-5-11(10)8-13-17-14(19-18-13)7-6-12(16)9-15/h2-5,12H,6-9,15-16H2,1H3. The normalized spacial score (nSPS) is 12.6. The Balaban J connectivity index is 1.96. The minimum atomic E-state index is 0.0590. The van der Waals surface area contributed by atoms with Crippen molar-refractivity contribution in [2.75, 3.05) is 6.54 Å². The monoisotopic (exact) mass is 276 g/mol. The zero-order chi connectivity index (χ0) is 13.7. The van der Waals surface area contributed by atoms with Gasteiger partial charge in [-0.3, -0.25) is 0 Å². The van der Waals surface area contributed by atoms with Gasteiger partial charge in [0.2, 0.25) is 0 Å². The lowest BCUT2D eigenvalue weighted by Gasteiger charge is -2.05. The maximum atomic E-state index is 5.80.